The Morgan fingerprint density at radius 2 is 1.74 bits per heavy atom. The van der Waals surface area contributed by atoms with Crippen molar-refractivity contribution in [1.29, 1.82) is 0 Å². The SMILES string of the molecule is CCN(CC)C(=O)C1=C(C)N=c2s/c(=C/c3c(-c4ccccc4)[nH]c4c(C)cccc34)c(=O)n2[C@@H]1c1ccc(Cl)cc1. The van der Waals surface area contributed by atoms with Crippen molar-refractivity contribution in [3.8, 4) is 11.3 Å². The second kappa shape index (κ2) is 11.2. The van der Waals surface area contributed by atoms with Crippen molar-refractivity contribution < 1.29 is 4.79 Å². The summed E-state index contributed by atoms with van der Waals surface area (Å²) < 4.78 is 2.22. The topological polar surface area (TPSA) is 70.5 Å². The minimum Gasteiger partial charge on any atom is -0.354 e. The molecule has 0 saturated carbocycles. The van der Waals surface area contributed by atoms with Crippen LogP contribution in [0.3, 0.4) is 0 Å². The first-order valence-corrected chi connectivity index (χ1v) is 15.3. The number of aryl methyl sites for hydroxylation is 1. The Bertz CT molecular complexity index is 2030. The molecule has 1 aliphatic rings. The van der Waals surface area contributed by atoms with Gasteiger partial charge in [0.15, 0.2) is 4.80 Å². The molecule has 1 atom stereocenters. The summed E-state index contributed by atoms with van der Waals surface area (Å²) in [7, 11) is 0. The average molecular weight is 595 g/mol. The van der Waals surface area contributed by atoms with Gasteiger partial charge in [-0.25, -0.2) is 4.99 Å². The van der Waals surface area contributed by atoms with Crippen LogP contribution in [0.1, 0.15) is 43.5 Å². The lowest BCUT2D eigenvalue weighted by molar-refractivity contribution is -0.127. The number of hydrogen-bond donors (Lipinski definition) is 1. The average Bonchev–Trinajstić information content (AvgIpc) is 3.52. The van der Waals surface area contributed by atoms with Gasteiger partial charge in [-0.15, -0.1) is 0 Å². The molecule has 0 spiro atoms. The van der Waals surface area contributed by atoms with E-state index in [0.29, 0.717) is 38.7 Å². The van der Waals surface area contributed by atoms with Gasteiger partial charge >= 0.3 is 0 Å². The molecule has 3 heterocycles. The highest BCUT2D eigenvalue weighted by Crippen LogP contribution is 2.34. The van der Waals surface area contributed by atoms with Crippen LogP contribution in [-0.2, 0) is 4.79 Å². The maximum Gasteiger partial charge on any atom is 0.271 e. The summed E-state index contributed by atoms with van der Waals surface area (Å²) in [5.41, 5.74) is 6.86. The van der Waals surface area contributed by atoms with Gasteiger partial charge in [-0.3, -0.25) is 14.2 Å². The van der Waals surface area contributed by atoms with Gasteiger partial charge < -0.3 is 9.88 Å². The first kappa shape index (κ1) is 27.9. The summed E-state index contributed by atoms with van der Waals surface area (Å²) in [5, 5.41) is 1.63. The quantitative estimate of drug-likeness (QED) is 0.254. The third-order valence-corrected chi connectivity index (χ3v) is 9.14. The molecule has 5 aromatic rings. The molecule has 3 aromatic carbocycles. The van der Waals surface area contributed by atoms with Gasteiger partial charge in [0.2, 0.25) is 0 Å². The van der Waals surface area contributed by atoms with Crippen molar-refractivity contribution in [2.24, 2.45) is 4.99 Å². The van der Waals surface area contributed by atoms with Crippen LogP contribution >= 0.6 is 22.9 Å². The van der Waals surface area contributed by atoms with Crippen molar-refractivity contribution in [2.45, 2.75) is 33.7 Å². The molecule has 1 amide bonds. The first-order chi connectivity index (χ1) is 20.3. The van der Waals surface area contributed by atoms with Gasteiger partial charge in [-0.05, 0) is 62.6 Å². The van der Waals surface area contributed by atoms with E-state index < -0.39 is 6.04 Å². The van der Waals surface area contributed by atoms with Crippen LogP contribution in [0, 0.1) is 6.92 Å². The number of H-pyrrole nitrogens is 1. The van der Waals surface area contributed by atoms with E-state index in [1.807, 2.05) is 63.2 Å². The number of halogens is 1. The zero-order valence-corrected chi connectivity index (χ0v) is 25.5. The van der Waals surface area contributed by atoms with Gasteiger partial charge in [0.1, 0.15) is 0 Å². The number of amides is 1. The van der Waals surface area contributed by atoms with Gasteiger partial charge in [0.25, 0.3) is 11.5 Å². The fourth-order valence-corrected chi connectivity index (χ4v) is 6.89. The van der Waals surface area contributed by atoms with E-state index in [9.17, 15) is 9.59 Å². The zero-order chi connectivity index (χ0) is 29.5. The third-order valence-electron chi connectivity index (χ3n) is 7.91. The molecule has 42 heavy (non-hydrogen) atoms. The van der Waals surface area contributed by atoms with Crippen LogP contribution in [-0.4, -0.2) is 33.4 Å². The molecule has 0 bridgehead atoms. The minimum absolute atomic E-state index is 0.117. The van der Waals surface area contributed by atoms with Crippen LogP contribution in [0.5, 0.6) is 0 Å². The number of carbonyl (C=O) groups excluding carboxylic acids is 1. The predicted molar refractivity (Wildman–Crippen MR) is 172 cm³/mol. The van der Waals surface area contributed by atoms with E-state index >= 15 is 0 Å². The number of benzene rings is 3. The van der Waals surface area contributed by atoms with Crippen LogP contribution in [0.15, 0.2) is 93.9 Å². The van der Waals surface area contributed by atoms with Crippen LogP contribution in [0.25, 0.3) is 28.2 Å². The van der Waals surface area contributed by atoms with Crippen LogP contribution in [0.2, 0.25) is 5.02 Å². The molecule has 2 aromatic heterocycles. The van der Waals surface area contributed by atoms with Crippen molar-refractivity contribution in [2.75, 3.05) is 13.1 Å². The fourth-order valence-electron chi connectivity index (χ4n) is 5.74. The smallest absolute Gasteiger partial charge is 0.271 e. The Kier molecular flexibility index (Phi) is 7.47. The molecule has 0 saturated heterocycles. The summed E-state index contributed by atoms with van der Waals surface area (Å²) >= 11 is 7.58. The number of aromatic nitrogens is 2. The van der Waals surface area contributed by atoms with Crippen molar-refractivity contribution >= 4 is 45.8 Å². The molecular weight excluding hydrogens is 564 g/mol. The van der Waals surface area contributed by atoms with E-state index in [1.165, 1.54) is 11.3 Å². The molecular formula is C34H31ClN4O2S. The summed E-state index contributed by atoms with van der Waals surface area (Å²) in [4.78, 5) is 38.9. The summed E-state index contributed by atoms with van der Waals surface area (Å²) in [6, 6.07) is 23.1. The van der Waals surface area contributed by atoms with E-state index in [2.05, 4.69) is 36.2 Å². The Morgan fingerprint density at radius 3 is 2.43 bits per heavy atom. The number of thiazole rings is 1. The molecule has 212 valence electrons. The number of carbonyl (C=O) groups is 1. The zero-order valence-electron chi connectivity index (χ0n) is 23.9. The largest absolute Gasteiger partial charge is 0.354 e. The number of fused-ring (bicyclic) bond motifs is 2. The van der Waals surface area contributed by atoms with E-state index in [1.54, 1.807) is 21.6 Å². The number of rotatable bonds is 6. The third kappa shape index (κ3) is 4.72. The number of para-hydroxylation sites is 1. The molecule has 6 nitrogen and oxygen atoms in total. The van der Waals surface area contributed by atoms with Gasteiger partial charge in [-0.2, -0.15) is 0 Å². The van der Waals surface area contributed by atoms with E-state index in [-0.39, 0.29) is 11.5 Å². The minimum atomic E-state index is -0.618. The molecule has 0 radical (unpaired) electrons. The Morgan fingerprint density at radius 1 is 1.02 bits per heavy atom. The van der Waals surface area contributed by atoms with Gasteiger partial charge in [0.05, 0.1) is 27.5 Å². The molecule has 0 fully saturated rings. The standard InChI is InChI=1S/C34H31ClN4O2S/c1-5-38(6-2)33(41)28-21(4)36-34-39(31(28)23-15-17-24(35)18-16-23)32(40)27(42-34)19-26-25-14-10-11-20(3)29(25)37-30(26)22-12-8-7-9-13-22/h7-19,31,37H,5-6H2,1-4H3/b27-19+/t31-/m1/s1. The lowest BCUT2D eigenvalue weighted by Gasteiger charge is -2.29. The summed E-state index contributed by atoms with van der Waals surface area (Å²) in [6.45, 7) is 8.97. The molecule has 1 N–H and O–H groups in total. The number of nitrogens with one attached hydrogen (secondary N) is 1. The molecule has 8 heteroatoms. The fraction of sp³-hybridized carbons (Fsp3) is 0.206. The number of nitrogens with zero attached hydrogens (tertiary/aromatic N) is 3. The molecule has 0 aliphatic carbocycles. The molecule has 6 rings (SSSR count). The normalized spacial score (nSPS) is 15.2. The van der Waals surface area contributed by atoms with E-state index in [0.717, 1.165) is 38.9 Å². The number of aromatic amines is 1. The van der Waals surface area contributed by atoms with Crippen LogP contribution in [0.4, 0.5) is 0 Å². The van der Waals surface area contributed by atoms with Gasteiger partial charge in [0, 0.05) is 34.6 Å². The predicted octanol–water partition coefficient (Wildman–Crippen LogP) is 6.21. The lowest BCUT2D eigenvalue weighted by atomic mass is 9.94. The van der Waals surface area contributed by atoms with Crippen molar-refractivity contribution in [3.63, 3.8) is 0 Å². The molecule has 1 aliphatic heterocycles. The Labute approximate surface area is 252 Å². The Hall–Kier alpha value is -4.20. The van der Waals surface area contributed by atoms with Gasteiger partial charge in [-0.1, -0.05) is 83.6 Å². The highest BCUT2D eigenvalue weighted by atomic mass is 35.5. The highest BCUT2D eigenvalue weighted by Gasteiger charge is 2.34. The number of hydrogen-bond acceptors (Lipinski definition) is 4. The Balaban J connectivity index is 1.61. The van der Waals surface area contributed by atoms with Crippen molar-refractivity contribution in [1.82, 2.24) is 14.5 Å². The first-order valence-electron chi connectivity index (χ1n) is 14.1. The van der Waals surface area contributed by atoms with Crippen LogP contribution < -0.4 is 14.9 Å². The molecule has 0 unspecified atom stereocenters. The maximum atomic E-state index is 14.3. The monoisotopic (exact) mass is 594 g/mol. The second-order valence-corrected chi connectivity index (χ2v) is 11.8. The lowest BCUT2D eigenvalue weighted by Crippen LogP contribution is -2.43. The van der Waals surface area contributed by atoms with E-state index in [4.69, 9.17) is 16.6 Å². The number of likely N-dealkylation sites (N-methyl/N-ethyl adjacent to an activating group) is 1. The summed E-state index contributed by atoms with van der Waals surface area (Å²) in [6.07, 6.45) is 1.97. The number of allylic oxidation sites excluding steroid dienone is 1. The summed E-state index contributed by atoms with van der Waals surface area (Å²) in [5.74, 6) is -0.117. The second-order valence-electron chi connectivity index (χ2n) is 10.4. The highest BCUT2D eigenvalue weighted by molar-refractivity contribution is 7.07. The maximum absolute atomic E-state index is 14.3. The van der Waals surface area contributed by atoms with Crippen molar-refractivity contribution in [3.05, 3.63) is 125 Å².